The maximum atomic E-state index is 5.80. The van der Waals surface area contributed by atoms with E-state index in [-0.39, 0.29) is 5.95 Å². The van der Waals surface area contributed by atoms with Crippen molar-refractivity contribution in [3.8, 4) is 0 Å². The van der Waals surface area contributed by atoms with E-state index < -0.39 is 0 Å². The first kappa shape index (κ1) is 9.32. The Morgan fingerprint density at radius 3 is 2.53 bits per heavy atom. The molecule has 1 heterocycles. The summed E-state index contributed by atoms with van der Waals surface area (Å²) in [5.74, 6) is 0.487. The van der Waals surface area contributed by atoms with E-state index in [0.29, 0.717) is 22.4 Å². The summed E-state index contributed by atoms with van der Waals surface area (Å²) in [5.41, 5.74) is 19.1. The summed E-state index contributed by atoms with van der Waals surface area (Å²) < 4.78 is 0. The molecule has 15 heavy (non-hydrogen) atoms. The molecule has 6 heteroatoms. The minimum absolute atomic E-state index is 0.159. The Kier molecular flexibility index (Phi) is 1.96. The van der Waals surface area contributed by atoms with Gasteiger partial charge in [-0.2, -0.15) is 4.98 Å². The fraction of sp³-hybridized carbons (Fsp3) is 0.111. The monoisotopic (exact) mass is 204 g/mol. The second-order valence-electron chi connectivity index (χ2n) is 3.14. The molecule has 0 saturated heterocycles. The molecule has 0 aliphatic heterocycles. The third-order valence-electron chi connectivity index (χ3n) is 2.19. The number of nitrogens with two attached hydrogens (primary N) is 3. The predicted octanol–water partition coefficient (Wildman–Crippen LogP) is 0.418. The van der Waals surface area contributed by atoms with Gasteiger partial charge in [-0.15, -0.1) is 0 Å². The van der Waals surface area contributed by atoms with E-state index in [1.807, 2.05) is 0 Å². The first-order valence-corrected chi connectivity index (χ1v) is 4.42. The minimum Gasteiger partial charge on any atom is -0.397 e. The van der Waals surface area contributed by atoms with Crippen LogP contribution in [0.15, 0.2) is 12.1 Å². The van der Waals surface area contributed by atoms with Crippen molar-refractivity contribution in [2.24, 2.45) is 0 Å². The lowest BCUT2D eigenvalue weighted by molar-refractivity contribution is 1.24. The standard InChI is InChI=1S/C9H12N6/c1-13-7-4(10)2-3-5-6(7)8(11)15-9(12)14-5/h2-3,13H,10H2,1H3,(H4,11,12,14,15). The Hall–Kier alpha value is -2.24. The molecule has 0 bridgehead atoms. The first-order valence-electron chi connectivity index (χ1n) is 4.42. The van der Waals surface area contributed by atoms with Crippen LogP contribution in [0, 0.1) is 0 Å². The van der Waals surface area contributed by atoms with Crippen molar-refractivity contribution >= 4 is 34.0 Å². The Morgan fingerprint density at radius 2 is 1.87 bits per heavy atom. The van der Waals surface area contributed by atoms with Gasteiger partial charge in [0.1, 0.15) is 5.82 Å². The van der Waals surface area contributed by atoms with Crippen LogP contribution in [-0.4, -0.2) is 17.0 Å². The molecule has 0 amide bonds. The number of hydrogen-bond acceptors (Lipinski definition) is 6. The zero-order chi connectivity index (χ0) is 11.0. The molecule has 0 radical (unpaired) electrons. The molecule has 0 unspecified atom stereocenters. The smallest absolute Gasteiger partial charge is 0.222 e. The van der Waals surface area contributed by atoms with Crippen LogP contribution in [-0.2, 0) is 0 Å². The van der Waals surface area contributed by atoms with E-state index in [4.69, 9.17) is 17.2 Å². The van der Waals surface area contributed by atoms with Crippen LogP contribution in [0.2, 0.25) is 0 Å². The molecule has 0 aliphatic carbocycles. The number of nitrogens with zero attached hydrogens (tertiary/aromatic N) is 2. The van der Waals surface area contributed by atoms with Gasteiger partial charge in [0.15, 0.2) is 0 Å². The van der Waals surface area contributed by atoms with Crippen molar-refractivity contribution in [1.29, 1.82) is 0 Å². The van der Waals surface area contributed by atoms with Crippen molar-refractivity contribution < 1.29 is 0 Å². The third kappa shape index (κ3) is 1.35. The molecule has 6 nitrogen and oxygen atoms in total. The molecule has 0 atom stereocenters. The number of nitrogens with one attached hydrogen (secondary N) is 1. The number of nitrogen functional groups attached to an aromatic ring is 3. The summed E-state index contributed by atoms with van der Waals surface area (Å²) in [6.45, 7) is 0. The molecule has 78 valence electrons. The van der Waals surface area contributed by atoms with Gasteiger partial charge in [0.05, 0.1) is 22.3 Å². The van der Waals surface area contributed by atoms with E-state index in [1.165, 1.54) is 0 Å². The largest absolute Gasteiger partial charge is 0.397 e. The maximum Gasteiger partial charge on any atom is 0.222 e. The number of rotatable bonds is 1. The van der Waals surface area contributed by atoms with E-state index >= 15 is 0 Å². The van der Waals surface area contributed by atoms with Crippen LogP contribution in [0.5, 0.6) is 0 Å². The fourth-order valence-corrected chi connectivity index (χ4v) is 1.56. The molecule has 1 aromatic heterocycles. The predicted molar refractivity (Wildman–Crippen MR) is 62.3 cm³/mol. The normalized spacial score (nSPS) is 10.5. The van der Waals surface area contributed by atoms with Gasteiger partial charge in [-0.3, -0.25) is 0 Å². The number of hydrogen-bond donors (Lipinski definition) is 4. The summed E-state index contributed by atoms with van der Waals surface area (Å²) in [6.07, 6.45) is 0. The third-order valence-corrected chi connectivity index (χ3v) is 2.19. The summed E-state index contributed by atoms with van der Waals surface area (Å²) in [5, 5.41) is 3.67. The zero-order valence-corrected chi connectivity index (χ0v) is 8.28. The number of anilines is 4. The molecule has 0 fully saturated rings. The highest BCUT2D eigenvalue weighted by Crippen LogP contribution is 2.31. The van der Waals surface area contributed by atoms with Crippen LogP contribution in [0.1, 0.15) is 0 Å². The maximum absolute atomic E-state index is 5.80. The van der Waals surface area contributed by atoms with Crippen LogP contribution in [0.4, 0.5) is 23.1 Å². The van der Waals surface area contributed by atoms with Crippen molar-refractivity contribution in [3.05, 3.63) is 12.1 Å². The van der Waals surface area contributed by atoms with Crippen molar-refractivity contribution in [2.75, 3.05) is 29.6 Å². The summed E-state index contributed by atoms with van der Waals surface area (Å²) in [4.78, 5) is 7.98. The van der Waals surface area contributed by atoms with Crippen molar-refractivity contribution in [1.82, 2.24) is 9.97 Å². The van der Waals surface area contributed by atoms with Gasteiger partial charge in [0.25, 0.3) is 0 Å². The van der Waals surface area contributed by atoms with Crippen LogP contribution < -0.4 is 22.5 Å². The van der Waals surface area contributed by atoms with E-state index in [9.17, 15) is 0 Å². The first-order chi connectivity index (χ1) is 7.13. The van der Waals surface area contributed by atoms with Gasteiger partial charge in [-0.25, -0.2) is 4.98 Å². The zero-order valence-electron chi connectivity index (χ0n) is 8.28. The molecule has 0 saturated carbocycles. The highest BCUT2D eigenvalue weighted by molar-refractivity contribution is 6.04. The SMILES string of the molecule is CNc1c(N)ccc2nc(N)nc(N)c12. The van der Waals surface area contributed by atoms with Gasteiger partial charge in [-0.05, 0) is 12.1 Å². The highest BCUT2D eigenvalue weighted by Gasteiger charge is 2.09. The topological polar surface area (TPSA) is 116 Å². The minimum atomic E-state index is 0.159. The van der Waals surface area contributed by atoms with Crippen LogP contribution >= 0.6 is 0 Å². The molecule has 7 N–H and O–H groups in total. The van der Waals surface area contributed by atoms with Gasteiger partial charge in [0.2, 0.25) is 5.95 Å². The van der Waals surface area contributed by atoms with Crippen molar-refractivity contribution in [3.63, 3.8) is 0 Å². The van der Waals surface area contributed by atoms with Crippen molar-refractivity contribution in [2.45, 2.75) is 0 Å². The van der Waals surface area contributed by atoms with E-state index in [2.05, 4.69) is 15.3 Å². The van der Waals surface area contributed by atoms with Crippen LogP contribution in [0.3, 0.4) is 0 Å². The van der Waals surface area contributed by atoms with Gasteiger partial charge >= 0.3 is 0 Å². The highest BCUT2D eigenvalue weighted by atomic mass is 15.0. The van der Waals surface area contributed by atoms with Crippen LogP contribution in [0.25, 0.3) is 10.9 Å². The van der Waals surface area contributed by atoms with Gasteiger partial charge < -0.3 is 22.5 Å². The molecule has 0 aliphatic rings. The second-order valence-corrected chi connectivity index (χ2v) is 3.14. The quantitative estimate of drug-likeness (QED) is 0.500. The number of fused-ring (bicyclic) bond motifs is 1. The Balaban J connectivity index is 2.91. The Labute approximate surface area is 86.5 Å². The molecular weight excluding hydrogens is 192 g/mol. The molecular formula is C9H12N6. The fourth-order valence-electron chi connectivity index (χ4n) is 1.56. The molecule has 2 aromatic rings. The molecule has 0 spiro atoms. The summed E-state index contributed by atoms with van der Waals surface area (Å²) in [6, 6.07) is 3.51. The summed E-state index contributed by atoms with van der Waals surface area (Å²) >= 11 is 0. The molecule has 1 aromatic carbocycles. The van der Waals surface area contributed by atoms with Gasteiger partial charge in [0, 0.05) is 7.05 Å². The van der Waals surface area contributed by atoms with E-state index in [0.717, 1.165) is 5.69 Å². The molecule has 2 rings (SSSR count). The van der Waals surface area contributed by atoms with E-state index in [1.54, 1.807) is 19.2 Å². The Bertz CT molecular complexity index is 521. The average Bonchev–Trinajstić information content (AvgIpc) is 2.18. The average molecular weight is 204 g/mol. The number of benzene rings is 1. The second kappa shape index (κ2) is 3.16. The lowest BCUT2D eigenvalue weighted by atomic mass is 10.1. The number of aromatic nitrogens is 2. The lowest BCUT2D eigenvalue weighted by Gasteiger charge is -2.10. The summed E-state index contributed by atoms with van der Waals surface area (Å²) in [7, 11) is 1.76. The lowest BCUT2D eigenvalue weighted by Crippen LogP contribution is -2.04. The Morgan fingerprint density at radius 1 is 1.13 bits per heavy atom. The van der Waals surface area contributed by atoms with Gasteiger partial charge in [-0.1, -0.05) is 0 Å².